The van der Waals surface area contributed by atoms with Gasteiger partial charge in [-0.1, -0.05) is 12.2 Å². The molecule has 1 saturated heterocycles. The molecule has 0 radical (unpaired) electrons. The normalized spacial score (nSPS) is 17.2. The van der Waals surface area contributed by atoms with E-state index in [2.05, 4.69) is 22.1 Å². The Kier molecular flexibility index (Phi) is 5.85. The molecule has 1 rings (SSSR count). The Hall–Kier alpha value is -1.36. The summed E-state index contributed by atoms with van der Waals surface area (Å²) in [6, 6.07) is 0.229. The molecule has 5 nitrogen and oxygen atoms in total. The van der Waals surface area contributed by atoms with Crippen molar-refractivity contribution in [3.8, 4) is 0 Å². The standard InChI is InChI=1S/C13H23N3O2/c1-10(2)9-16-6-4-12(5-7-16)15-13(18)8-14-11(3)17/h12H,1,4-9H2,2-3H3,(H,14,17)(H,15,18). The molecule has 5 heteroatoms. The van der Waals surface area contributed by atoms with E-state index in [1.165, 1.54) is 12.5 Å². The number of rotatable bonds is 5. The van der Waals surface area contributed by atoms with Crippen LogP contribution in [0.15, 0.2) is 12.2 Å². The maximum Gasteiger partial charge on any atom is 0.239 e. The van der Waals surface area contributed by atoms with Gasteiger partial charge in [0.1, 0.15) is 0 Å². The molecule has 0 atom stereocenters. The van der Waals surface area contributed by atoms with E-state index in [1.807, 2.05) is 6.92 Å². The summed E-state index contributed by atoms with van der Waals surface area (Å²) >= 11 is 0. The summed E-state index contributed by atoms with van der Waals surface area (Å²) in [4.78, 5) is 24.5. The second-order valence-electron chi connectivity index (χ2n) is 4.98. The third-order valence-corrected chi connectivity index (χ3v) is 2.94. The van der Waals surface area contributed by atoms with Crippen LogP contribution in [0.2, 0.25) is 0 Å². The Morgan fingerprint density at radius 2 is 1.89 bits per heavy atom. The first-order chi connectivity index (χ1) is 8.47. The number of nitrogens with one attached hydrogen (secondary N) is 2. The van der Waals surface area contributed by atoms with Crippen molar-refractivity contribution in [1.29, 1.82) is 0 Å². The van der Waals surface area contributed by atoms with Crippen molar-refractivity contribution < 1.29 is 9.59 Å². The summed E-state index contributed by atoms with van der Waals surface area (Å²) < 4.78 is 0. The third-order valence-electron chi connectivity index (χ3n) is 2.94. The van der Waals surface area contributed by atoms with Crippen molar-refractivity contribution in [3.63, 3.8) is 0 Å². The zero-order chi connectivity index (χ0) is 13.5. The number of carbonyl (C=O) groups excluding carboxylic acids is 2. The highest BCUT2D eigenvalue weighted by molar-refractivity contribution is 5.83. The highest BCUT2D eigenvalue weighted by atomic mass is 16.2. The highest BCUT2D eigenvalue weighted by Gasteiger charge is 2.20. The van der Waals surface area contributed by atoms with E-state index in [1.54, 1.807) is 0 Å². The lowest BCUT2D eigenvalue weighted by Gasteiger charge is -2.32. The lowest BCUT2D eigenvalue weighted by atomic mass is 10.0. The molecule has 1 aliphatic heterocycles. The van der Waals surface area contributed by atoms with Gasteiger partial charge in [-0.25, -0.2) is 0 Å². The lowest BCUT2D eigenvalue weighted by molar-refractivity contribution is -0.125. The van der Waals surface area contributed by atoms with E-state index in [0.717, 1.165) is 32.5 Å². The first-order valence-corrected chi connectivity index (χ1v) is 6.38. The van der Waals surface area contributed by atoms with E-state index in [9.17, 15) is 9.59 Å². The molecule has 1 fully saturated rings. The maximum atomic E-state index is 11.5. The predicted octanol–water partition coefficient (Wildman–Crippen LogP) is 0.279. The largest absolute Gasteiger partial charge is 0.352 e. The fraction of sp³-hybridized carbons (Fsp3) is 0.692. The molecule has 0 aliphatic carbocycles. The molecule has 102 valence electrons. The van der Waals surface area contributed by atoms with E-state index >= 15 is 0 Å². The molecule has 2 amide bonds. The Balaban J connectivity index is 2.20. The molecule has 0 aromatic heterocycles. The molecule has 0 saturated carbocycles. The molecule has 0 aromatic carbocycles. The third kappa shape index (κ3) is 5.82. The van der Waals surface area contributed by atoms with E-state index in [-0.39, 0.29) is 24.4 Å². The Morgan fingerprint density at radius 3 is 2.39 bits per heavy atom. The zero-order valence-electron chi connectivity index (χ0n) is 11.3. The smallest absolute Gasteiger partial charge is 0.239 e. The quantitative estimate of drug-likeness (QED) is 0.692. The van der Waals surface area contributed by atoms with Gasteiger partial charge >= 0.3 is 0 Å². The van der Waals surface area contributed by atoms with Crippen molar-refractivity contribution in [2.45, 2.75) is 32.7 Å². The van der Waals surface area contributed by atoms with Gasteiger partial charge in [-0.3, -0.25) is 14.5 Å². The molecular formula is C13H23N3O2. The number of amides is 2. The molecule has 0 bridgehead atoms. The molecule has 0 aromatic rings. The maximum absolute atomic E-state index is 11.5. The second-order valence-corrected chi connectivity index (χ2v) is 4.98. The summed E-state index contributed by atoms with van der Waals surface area (Å²) in [5.74, 6) is -0.287. The zero-order valence-corrected chi connectivity index (χ0v) is 11.3. The fourth-order valence-electron chi connectivity index (χ4n) is 2.10. The summed E-state index contributed by atoms with van der Waals surface area (Å²) in [6.45, 7) is 10.3. The van der Waals surface area contributed by atoms with Crippen molar-refractivity contribution in [3.05, 3.63) is 12.2 Å². The van der Waals surface area contributed by atoms with Gasteiger partial charge in [0.15, 0.2) is 0 Å². The minimum Gasteiger partial charge on any atom is -0.352 e. The number of nitrogens with zero attached hydrogens (tertiary/aromatic N) is 1. The van der Waals surface area contributed by atoms with Gasteiger partial charge < -0.3 is 10.6 Å². The van der Waals surface area contributed by atoms with Crippen LogP contribution in [0.1, 0.15) is 26.7 Å². The van der Waals surface area contributed by atoms with Crippen LogP contribution < -0.4 is 10.6 Å². The van der Waals surface area contributed by atoms with Crippen LogP contribution in [0, 0.1) is 0 Å². The minimum absolute atomic E-state index is 0.0707. The van der Waals surface area contributed by atoms with Gasteiger partial charge in [-0.2, -0.15) is 0 Å². The summed E-state index contributed by atoms with van der Waals surface area (Å²) in [5.41, 5.74) is 1.17. The van der Waals surface area contributed by atoms with Crippen LogP contribution in [-0.4, -0.2) is 48.9 Å². The van der Waals surface area contributed by atoms with Gasteiger partial charge in [0, 0.05) is 32.6 Å². The van der Waals surface area contributed by atoms with E-state index < -0.39 is 0 Å². The molecule has 1 aliphatic rings. The van der Waals surface area contributed by atoms with Crippen molar-refractivity contribution in [2.24, 2.45) is 0 Å². The number of hydrogen-bond donors (Lipinski definition) is 2. The number of piperidine rings is 1. The van der Waals surface area contributed by atoms with Crippen LogP contribution in [-0.2, 0) is 9.59 Å². The summed E-state index contributed by atoms with van der Waals surface area (Å²) in [7, 11) is 0. The topological polar surface area (TPSA) is 61.4 Å². The predicted molar refractivity (Wildman–Crippen MR) is 71.1 cm³/mol. The van der Waals surface area contributed by atoms with E-state index in [4.69, 9.17) is 0 Å². The fourth-order valence-corrected chi connectivity index (χ4v) is 2.10. The van der Waals surface area contributed by atoms with Crippen LogP contribution in [0.4, 0.5) is 0 Å². The van der Waals surface area contributed by atoms with Crippen molar-refractivity contribution >= 4 is 11.8 Å². The Morgan fingerprint density at radius 1 is 1.28 bits per heavy atom. The number of likely N-dealkylation sites (tertiary alicyclic amines) is 1. The summed E-state index contributed by atoms with van der Waals surface area (Å²) in [5, 5.41) is 5.44. The summed E-state index contributed by atoms with van der Waals surface area (Å²) in [6.07, 6.45) is 1.91. The molecule has 2 N–H and O–H groups in total. The SMILES string of the molecule is C=C(C)CN1CCC(NC(=O)CNC(C)=O)CC1. The first kappa shape index (κ1) is 14.7. The van der Waals surface area contributed by atoms with Crippen molar-refractivity contribution in [1.82, 2.24) is 15.5 Å². The van der Waals surface area contributed by atoms with Crippen LogP contribution in [0.5, 0.6) is 0 Å². The first-order valence-electron chi connectivity index (χ1n) is 6.38. The average molecular weight is 253 g/mol. The molecule has 0 unspecified atom stereocenters. The molecular weight excluding hydrogens is 230 g/mol. The lowest BCUT2D eigenvalue weighted by Crippen LogP contribution is -2.47. The Labute approximate surface area is 109 Å². The van der Waals surface area contributed by atoms with Gasteiger partial charge in [0.2, 0.25) is 11.8 Å². The van der Waals surface area contributed by atoms with Crippen LogP contribution in [0.3, 0.4) is 0 Å². The van der Waals surface area contributed by atoms with Gasteiger partial charge in [-0.05, 0) is 19.8 Å². The average Bonchev–Trinajstić information content (AvgIpc) is 2.28. The molecule has 0 spiro atoms. The van der Waals surface area contributed by atoms with Crippen LogP contribution in [0.25, 0.3) is 0 Å². The van der Waals surface area contributed by atoms with E-state index in [0.29, 0.717) is 0 Å². The Bertz CT molecular complexity index is 320. The second kappa shape index (κ2) is 7.16. The molecule has 1 heterocycles. The number of hydrogen-bond acceptors (Lipinski definition) is 3. The van der Waals surface area contributed by atoms with Crippen molar-refractivity contribution in [2.75, 3.05) is 26.2 Å². The molecule has 18 heavy (non-hydrogen) atoms. The van der Waals surface area contributed by atoms with Gasteiger partial charge in [-0.15, -0.1) is 0 Å². The minimum atomic E-state index is -0.179. The highest BCUT2D eigenvalue weighted by Crippen LogP contribution is 2.11. The van der Waals surface area contributed by atoms with Gasteiger partial charge in [0.05, 0.1) is 6.54 Å². The number of carbonyl (C=O) groups is 2. The monoisotopic (exact) mass is 253 g/mol. The van der Waals surface area contributed by atoms with Gasteiger partial charge in [0.25, 0.3) is 0 Å². The van der Waals surface area contributed by atoms with Crippen LogP contribution >= 0.6 is 0 Å².